The highest BCUT2D eigenvalue weighted by Crippen LogP contribution is 2.24. The van der Waals surface area contributed by atoms with E-state index in [1.807, 2.05) is 0 Å². The van der Waals surface area contributed by atoms with Gasteiger partial charge in [0, 0.05) is 16.5 Å². The van der Waals surface area contributed by atoms with Crippen LogP contribution in [0.15, 0.2) is 18.2 Å². The molecule has 0 N–H and O–H groups in total. The van der Waals surface area contributed by atoms with Crippen LogP contribution in [0.5, 0.6) is 0 Å². The molecule has 0 amide bonds. The van der Waals surface area contributed by atoms with Crippen LogP contribution in [0, 0.1) is 6.57 Å². The van der Waals surface area contributed by atoms with E-state index in [0.29, 0.717) is 23.0 Å². The predicted molar refractivity (Wildman–Crippen MR) is 51.6 cm³/mol. The van der Waals surface area contributed by atoms with Gasteiger partial charge in [0.15, 0.2) is 0 Å². The number of rotatable bonds is 2. The van der Waals surface area contributed by atoms with Crippen molar-refractivity contribution < 1.29 is 0 Å². The Bertz CT molecular complexity index is 295. The summed E-state index contributed by atoms with van der Waals surface area (Å²) in [6, 6.07) is 5.37. The average Bonchev–Trinajstić information content (AvgIpc) is 2.04. The van der Waals surface area contributed by atoms with Gasteiger partial charge in [-0.15, -0.1) is 0 Å². The highest BCUT2D eigenvalue weighted by atomic mass is 35.5. The Morgan fingerprint density at radius 2 is 1.83 bits per heavy atom. The van der Waals surface area contributed by atoms with Crippen molar-refractivity contribution in [1.29, 1.82) is 0 Å². The molecule has 1 rings (SSSR count). The molecule has 0 heterocycles. The van der Waals surface area contributed by atoms with E-state index in [-0.39, 0.29) is 0 Å². The second-order valence-corrected chi connectivity index (χ2v) is 3.15. The van der Waals surface area contributed by atoms with Crippen molar-refractivity contribution in [2.75, 3.05) is 6.54 Å². The molecule has 0 saturated heterocycles. The first kappa shape index (κ1) is 9.38. The van der Waals surface area contributed by atoms with Gasteiger partial charge in [0.25, 0.3) is 0 Å². The van der Waals surface area contributed by atoms with E-state index < -0.39 is 0 Å². The summed E-state index contributed by atoms with van der Waals surface area (Å²) in [5.41, 5.74) is 0.872. The van der Waals surface area contributed by atoms with Crippen molar-refractivity contribution in [3.8, 4) is 0 Å². The van der Waals surface area contributed by atoms with Gasteiger partial charge in [0.1, 0.15) is 0 Å². The highest BCUT2D eigenvalue weighted by molar-refractivity contribution is 6.35. The summed E-state index contributed by atoms with van der Waals surface area (Å²) in [6.45, 7) is 7.07. The summed E-state index contributed by atoms with van der Waals surface area (Å²) in [6.07, 6.45) is 0.627. The summed E-state index contributed by atoms with van der Waals surface area (Å²) in [5, 5.41) is 1.29. The Labute approximate surface area is 81.7 Å². The van der Waals surface area contributed by atoms with Gasteiger partial charge in [0.05, 0.1) is 0 Å². The molecule has 1 aromatic carbocycles. The van der Waals surface area contributed by atoms with Gasteiger partial charge in [-0.2, -0.15) is 0 Å². The van der Waals surface area contributed by atoms with Crippen molar-refractivity contribution in [2.45, 2.75) is 6.42 Å². The minimum absolute atomic E-state index is 0.434. The lowest BCUT2D eigenvalue weighted by Crippen LogP contribution is -1.90. The first-order valence-electron chi connectivity index (χ1n) is 3.52. The predicted octanol–water partition coefficient (Wildman–Crippen LogP) is 3.46. The number of hydrogen-bond donors (Lipinski definition) is 0. The van der Waals surface area contributed by atoms with E-state index in [2.05, 4.69) is 4.85 Å². The number of benzene rings is 1. The lowest BCUT2D eigenvalue weighted by atomic mass is 10.1. The Morgan fingerprint density at radius 1 is 1.25 bits per heavy atom. The third-order valence-electron chi connectivity index (χ3n) is 1.54. The summed E-state index contributed by atoms with van der Waals surface area (Å²) in [5.74, 6) is 0. The first-order chi connectivity index (χ1) is 5.75. The van der Waals surface area contributed by atoms with Crippen molar-refractivity contribution in [1.82, 2.24) is 0 Å². The smallest absolute Gasteiger partial charge is 0.218 e. The van der Waals surface area contributed by atoms with Crippen LogP contribution < -0.4 is 0 Å². The Morgan fingerprint density at radius 3 is 2.33 bits per heavy atom. The minimum Gasteiger partial charge on any atom is -0.317 e. The van der Waals surface area contributed by atoms with E-state index >= 15 is 0 Å². The van der Waals surface area contributed by atoms with Gasteiger partial charge in [-0.05, 0) is 17.7 Å². The van der Waals surface area contributed by atoms with Crippen LogP contribution in [0.1, 0.15) is 5.56 Å². The van der Waals surface area contributed by atoms with Crippen LogP contribution in [0.4, 0.5) is 0 Å². The standard InChI is InChI=1S/C9H7Cl2N/c1-12-6-5-7-8(10)3-2-4-9(7)11/h2-4H,5-6H2. The zero-order valence-electron chi connectivity index (χ0n) is 6.35. The molecule has 1 nitrogen and oxygen atoms in total. The van der Waals surface area contributed by atoms with E-state index in [9.17, 15) is 0 Å². The monoisotopic (exact) mass is 199 g/mol. The van der Waals surface area contributed by atoms with Crippen LogP contribution >= 0.6 is 23.2 Å². The van der Waals surface area contributed by atoms with Gasteiger partial charge >= 0.3 is 0 Å². The third-order valence-corrected chi connectivity index (χ3v) is 2.24. The molecule has 0 aromatic heterocycles. The fourth-order valence-corrected chi connectivity index (χ4v) is 1.53. The number of halogens is 2. The first-order valence-corrected chi connectivity index (χ1v) is 4.27. The summed E-state index contributed by atoms with van der Waals surface area (Å²) >= 11 is 11.8. The molecule has 0 bridgehead atoms. The van der Waals surface area contributed by atoms with Crippen LogP contribution in [0.2, 0.25) is 10.0 Å². The molecule has 0 aliphatic heterocycles. The largest absolute Gasteiger partial charge is 0.317 e. The lowest BCUT2D eigenvalue weighted by molar-refractivity contribution is 1.08. The zero-order valence-corrected chi connectivity index (χ0v) is 7.86. The molecule has 12 heavy (non-hydrogen) atoms. The summed E-state index contributed by atoms with van der Waals surface area (Å²) in [7, 11) is 0. The maximum Gasteiger partial charge on any atom is 0.218 e. The molecule has 0 fully saturated rings. The Kier molecular flexibility index (Phi) is 3.40. The number of nitrogens with zero attached hydrogens (tertiary/aromatic N) is 1. The van der Waals surface area contributed by atoms with Crippen molar-refractivity contribution in [3.63, 3.8) is 0 Å². The quantitative estimate of drug-likeness (QED) is 0.644. The molecule has 0 aliphatic carbocycles. The molecular formula is C9H7Cl2N. The Hall–Kier alpha value is -0.710. The minimum atomic E-state index is 0.434. The van der Waals surface area contributed by atoms with E-state index in [0.717, 1.165) is 5.56 Å². The number of hydrogen-bond acceptors (Lipinski definition) is 0. The molecule has 0 saturated carbocycles. The van der Waals surface area contributed by atoms with Crippen molar-refractivity contribution in [2.24, 2.45) is 0 Å². The Balaban J connectivity index is 2.90. The fourth-order valence-electron chi connectivity index (χ4n) is 0.939. The fraction of sp³-hybridized carbons (Fsp3) is 0.222. The normalized spacial score (nSPS) is 9.42. The van der Waals surface area contributed by atoms with Gasteiger partial charge < -0.3 is 4.85 Å². The highest BCUT2D eigenvalue weighted by Gasteiger charge is 2.05. The topological polar surface area (TPSA) is 4.36 Å². The van der Waals surface area contributed by atoms with Crippen molar-refractivity contribution >= 4 is 23.2 Å². The molecule has 0 aliphatic rings. The SMILES string of the molecule is [C-]#[N+]CCc1c(Cl)cccc1Cl. The van der Waals surface area contributed by atoms with Crippen molar-refractivity contribution in [3.05, 3.63) is 45.2 Å². The van der Waals surface area contributed by atoms with Crippen LogP contribution in [-0.2, 0) is 6.42 Å². The molecule has 0 spiro atoms. The van der Waals surface area contributed by atoms with Crippen LogP contribution in [0.25, 0.3) is 4.85 Å². The summed E-state index contributed by atoms with van der Waals surface area (Å²) < 4.78 is 0. The molecule has 0 atom stereocenters. The van der Waals surface area contributed by atoms with E-state index in [4.69, 9.17) is 29.8 Å². The summed E-state index contributed by atoms with van der Waals surface area (Å²) in [4.78, 5) is 3.25. The third kappa shape index (κ3) is 2.14. The second kappa shape index (κ2) is 4.35. The maximum atomic E-state index is 6.63. The van der Waals surface area contributed by atoms with E-state index in [1.165, 1.54) is 0 Å². The molecule has 0 radical (unpaired) electrons. The molecular weight excluding hydrogens is 193 g/mol. The van der Waals surface area contributed by atoms with Crippen LogP contribution in [0.3, 0.4) is 0 Å². The maximum absolute atomic E-state index is 6.63. The van der Waals surface area contributed by atoms with Gasteiger partial charge in [-0.1, -0.05) is 29.3 Å². The van der Waals surface area contributed by atoms with Crippen LogP contribution in [-0.4, -0.2) is 6.54 Å². The molecule has 62 valence electrons. The second-order valence-electron chi connectivity index (χ2n) is 2.33. The molecule has 1 aromatic rings. The van der Waals surface area contributed by atoms with Gasteiger partial charge in [-0.25, -0.2) is 6.57 Å². The molecule has 0 unspecified atom stereocenters. The van der Waals surface area contributed by atoms with Gasteiger partial charge in [0.2, 0.25) is 6.54 Å². The van der Waals surface area contributed by atoms with E-state index in [1.54, 1.807) is 18.2 Å². The average molecular weight is 200 g/mol. The van der Waals surface area contributed by atoms with Gasteiger partial charge in [-0.3, -0.25) is 0 Å². The molecule has 3 heteroatoms. The zero-order chi connectivity index (χ0) is 8.97. The lowest BCUT2D eigenvalue weighted by Gasteiger charge is -2.01.